The zero-order valence-electron chi connectivity index (χ0n) is 7.46. The van der Waals surface area contributed by atoms with Crippen LogP contribution in [0, 0.1) is 11.3 Å². The smallest absolute Gasteiger partial charge is 0.382 e. The van der Waals surface area contributed by atoms with E-state index in [1.807, 2.05) is 0 Å². The van der Waals surface area contributed by atoms with Crippen LogP contribution in [0.3, 0.4) is 0 Å². The van der Waals surface area contributed by atoms with Crippen molar-refractivity contribution in [3.05, 3.63) is 11.4 Å². The van der Waals surface area contributed by atoms with Gasteiger partial charge in [-0.1, -0.05) is 0 Å². The molecule has 1 aromatic heterocycles. The molecule has 1 aromatic rings. The molecule has 0 atom stereocenters. The molecule has 1 heterocycles. The molecule has 1 rings (SSSR count). The van der Waals surface area contributed by atoms with Gasteiger partial charge in [-0.25, -0.2) is 9.97 Å². The van der Waals surface area contributed by atoms with Gasteiger partial charge in [0.2, 0.25) is 5.82 Å². The van der Waals surface area contributed by atoms with Gasteiger partial charge in [0.15, 0.2) is 0 Å². The highest BCUT2D eigenvalue weighted by molar-refractivity contribution is 7.98. The van der Waals surface area contributed by atoms with E-state index in [1.165, 1.54) is 6.26 Å². The lowest BCUT2D eigenvalue weighted by Gasteiger charge is -2.08. The van der Waals surface area contributed by atoms with Crippen molar-refractivity contribution in [3.63, 3.8) is 0 Å². The molecule has 0 aliphatic carbocycles. The van der Waals surface area contributed by atoms with Crippen LogP contribution in [0.2, 0.25) is 0 Å². The van der Waals surface area contributed by atoms with Gasteiger partial charge in [0, 0.05) is 0 Å². The number of hydrogen-bond donors (Lipinski definition) is 1. The van der Waals surface area contributed by atoms with E-state index in [0.29, 0.717) is 0 Å². The lowest BCUT2D eigenvalue weighted by molar-refractivity contribution is -0.145. The zero-order chi connectivity index (χ0) is 11.6. The molecule has 0 aliphatic rings. The molecule has 0 bridgehead atoms. The van der Waals surface area contributed by atoms with Crippen LogP contribution in [0.4, 0.5) is 19.0 Å². The molecule has 0 radical (unpaired) electrons. The van der Waals surface area contributed by atoms with E-state index in [2.05, 4.69) is 9.97 Å². The minimum absolute atomic E-state index is 0.0719. The number of thioether (sulfide) groups is 1. The Balaban J connectivity index is 3.40. The number of nitrogens with zero attached hydrogens (tertiary/aromatic N) is 3. The van der Waals surface area contributed by atoms with Gasteiger partial charge in [0.1, 0.15) is 22.5 Å². The first-order chi connectivity index (χ1) is 6.90. The first kappa shape index (κ1) is 11.6. The summed E-state index contributed by atoms with van der Waals surface area (Å²) in [6, 6.07) is 1.66. The Labute approximate surface area is 87.3 Å². The molecule has 0 saturated carbocycles. The summed E-state index contributed by atoms with van der Waals surface area (Å²) in [5.41, 5.74) is 5.09. The maximum atomic E-state index is 12.2. The second-order valence-corrected chi connectivity index (χ2v) is 3.22. The average molecular weight is 234 g/mol. The van der Waals surface area contributed by atoms with Gasteiger partial charge in [0.25, 0.3) is 0 Å². The fourth-order valence-corrected chi connectivity index (χ4v) is 1.37. The summed E-state index contributed by atoms with van der Waals surface area (Å²) < 4.78 is 36.7. The lowest BCUT2D eigenvalue weighted by atomic mass is 10.3. The number of alkyl halides is 3. The molecule has 80 valence electrons. The number of nitrogens with two attached hydrogens (primary N) is 1. The second kappa shape index (κ2) is 3.94. The van der Waals surface area contributed by atoms with Crippen molar-refractivity contribution in [1.29, 1.82) is 5.26 Å². The van der Waals surface area contributed by atoms with E-state index in [4.69, 9.17) is 11.0 Å². The van der Waals surface area contributed by atoms with Crippen molar-refractivity contribution in [2.45, 2.75) is 11.2 Å². The third-order valence-electron chi connectivity index (χ3n) is 1.46. The van der Waals surface area contributed by atoms with Crippen LogP contribution in [-0.2, 0) is 6.18 Å². The maximum absolute atomic E-state index is 12.2. The van der Waals surface area contributed by atoms with Crippen molar-refractivity contribution in [3.8, 4) is 6.07 Å². The fourth-order valence-electron chi connectivity index (χ4n) is 0.836. The maximum Gasteiger partial charge on any atom is 0.451 e. The number of anilines is 1. The van der Waals surface area contributed by atoms with Gasteiger partial charge < -0.3 is 5.73 Å². The van der Waals surface area contributed by atoms with Crippen LogP contribution >= 0.6 is 11.8 Å². The molecule has 0 aromatic carbocycles. The van der Waals surface area contributed by atoms with Crippen LogP contribution in [0.15, 0.2) is 5.03 Å². The Morgan fingerprint density at radius 2 is 2.00 bits per heavy atom. The van der Waals surface area contributed by atoms with E-state index in [9.17, 15) is 13.2 Å². The standard InChI is InChI=1S/C7H5F3N4S/c1-15-5-3(2-11)4(12)13-6(14-5)7(8,9)10/h1H3,(H2,12,13,14). The molecular weight excluding hydrogens is 229 g/mol. The van der Waals surface area contributed by atoms with Gasteiger partial charge >= 0.3 is 6.18 Å². The Morgan fingerprint density at radius 3 is 2.40 bits per heavy atom. The summed E-state index contributed by atoms with van der Waals surface area (Å²) in [6.45, 7) is 0. The molecule has 0 amide bonds. The summed E-state index contributed by atoms with van der Waals surface area (Å²) in [7, 11) is 0. The van der Waals surface area contributed by atoms with E-state index >= 15 is 0 Å². The van der Waals surface area contributed by atoms with E-state index in [1.54, 1.807) is 6.07 Å². The Bertz CT molecular complexity index is 423. The first-order valence-electron chi connectivity index (χ1n) is 3.59. The Hall–Kier alpha value is -1.49. The third-order valence-corrected chi connectivity index (χ3v) is 2.14. The van der Waals surface area contributed by atoms with Crippen LogP contribution in [0.25, 0.3) is 0 Å². The average Bonchev–Trinajstić information content (AvgIpc) is 2.15. The molecule has 2 N–H and O–H groups in total. The molecule has 0 unspecified atom stereocenters. The zero-order valence-corrected chi connectivity index (χ0v) is 8.28. The Kier molecular flexibility index (Phi) is 3.04. The van der Waals surface area contributed by atoms with Gasteiger partial charge in [-0.3, -0.25) is 0 Å². The number of rotatable bonds is 1. The topological polar surface area (TPSA) is 75.6 Å². The fraction of sp³-hybridized carbons (Fsp3) is 0.286. The largest absolute Gasteiger partial charge is 0.451 e. The molecule has 15 heavy (non-hydrogen) atoms. The molecule has 0 fully saturated rings. The number of nitriles is 1. The third kappa shape index (κ3) is 2.30. The van der Waals surface area contributed by atoms with Crippen molar-refractivity contribution >= 4 is 17.6 Å². The summed E-state index contributed by atoms with van der Waals surface area (Å²) in [6.07, 6.45) is -3.16. The number of halogens is 3. The molecule has 0 saturated heterocycles. The first-order valence-corrected chi connectivity index (χ1v) is 4.81. The minimum atomic E-state index is -4.66. The highest BCUT2D eigenvalue weighted by atomic mass is 32.2. The van der Waals surface area contributed by atoms with Gasteiger partial charge in [-0.05, 0) is 6.26 Å². The molecule has 4 nitrogen and oxygen atoms in total. The number of aromatic nitrogens is 2. The summed E-state index contributed by atoms with van der Waals surface area (Å²) in [5.74, 6) is -1.78. The SMILES string of the molecule is CSc1nc(C(F)(F)F)nc(N)c1C#N. The van der Waals surface area contributed by atoms with Gasteiger partial charge in [-0.2, -0.15) is 18.4 Å². The molecule has 0 spiro atoms. The summed E-state index contributed by atoms with van der Waals surface area (Å²) >= 11 is 0.911. The van der Waals surface area contributed by atoms with Crippen LogP contribution in [-0.4, -0.2) is 16.2 Å². The Morgan fingerprint density at radius 1 is 1.40 bits per heavy atom. The molecule has 0 aliphatic heterocycles. The van der Waals surface area contributed by atoms with Crippen LogP contribution < -0.4 is 5.73 Å². The van der Waals surface area contributed by atoms with Crippen molar-refractivity contribution < 1.29 is 13.2 Å². The lowest BCUT2D eigenvalue weighted by Crippen LogP contribution is -2.14. The number of nitrogen functional groups attached to an aromatic ring is 1. The van der Waals surface area contributed by atoms with Crippen molar-refractivity contribution in [2.75, 3.05) is 12.0 Å². The second-order valence-electron chi connectivity index (χ2n) is 2.43. The molecular formula is C7H5F3N4S. The monoisotopic (exact) mass is 234 g/mol. The van der Waals surface area contributed by atoms with Gasteiger partial charge in [0.05, 0.1) is 0 Å². The summed E-state index contributed by atoms with van der Waals surface area (Å²) in [4.78, 5) is 6.25. The van der Waals surface area contributed by atoms with Crippen LogP contribution in [0.1, 0.15) is 11.4 Å². The highest BCUT2D eigenvalue weighted by Crippen LogP contribution is 2.30. The quantitative estimate of drug-likeness (QED) is 0.590. The van der Waals surface area contributed by atoms with Gasteiger partial charge in [-0.15, -0.1) is 11.8 Å². The number of hydrogen-bond acceptors (Lipinski definition) is 5. The summed E-state index contributed by atoms with van der Waals surface area (Å²) in [5, 5.41) is 8.55. The van der Waals surface area contributed by atoms with E-state index in [-0.39, 0.29) is 10.6 Å². The van der Waals surface area contributed by atoms with Crippen molar-refractivity contribution in [1.82, 2.24) is 9.97 Å². The van der Waals surface area contributed by atoms with Crippen molar-refractivity contribution in [2.24, 2.45) is 0 Å². The van der Waals surface area contributed by atoms with E-state index in [0.717, 1.165) is 11.8 Å². The highest BCUT2D eigenvalue weighted by Gasteiger charge is 2.36. The predicted octanol–water partition coefficient (Wildman–Crippen LogP) is 1.67. The van der Waals surface area contributed by atoms with Crippen LogP contribution in [0.5, 0.6) is 0 Å². The minimum Gasteiger partial charge on any atom is -0.382 e. The normalized spacial score (nSPS) is 11.1. The molecule has 8 heteroatoms. The predicted molar refractivity (Wildman–Crippen MR) is 47.9 cm³/mol. The van der Waals surface area contributed by atoms with E-state index < -0.39 is 17.8 Å².